The van der Waals surface area contributed by atoms with E-state index in [1.165, 1.54) is 24.1 Å². The molecule has 2 aliphatic rings. The largest absolute Gasteiger partial charge is 0.497 e. The fraction of sp³-hybridized carbons (Fsp3) is 0.440. The molecule has 1 saturated heterocycles. The molecule has 0 unspecified atom stereocenters. The van der Waals surface area contributed by atoms with Crippen molar-refractivity contribution in [3.05, 3.63) is 70.8 Å². The van der Waals surface area contributed by atoms with Gasteiger partial charge in [-0.1, -0.05) is 30.3 Å². The number of rotatable bonds is 7. The minimum atomic E-state index is 0.566. The van der Waals surface area contributed by atoms with E-state index in [0.29, 0.717) is 5.92 Å². The van der Waals surface area contributed by atoms with E-state index in [0.717, 1.165) is 62.2 Å². The van der Waals surface area contributed by atoms with Crippen LogP contribution in [0.4, 0.5) is 5.69 Å². The van der Waals surface area contributed by atoms with E-state index in [-0.39, 0.29) is 0 Å². The molecule has 0 N–H and O–H groups in total. The highest BCUT2D eigenvalue weighted by molar-refractivity contribution is 7.71. The average molecular weight is 450 g/mol. The maximum atomic E-state index is 5.90. The average Bonchev–Trinajstić information content (AvgIpc) is 3.65. The molecular weight excluding hydrogens is 418 g/mol. The van der Waals surface area contributed by atoms with E-state index in [1.807, 2.05) is 12.1 Å². The molecule has 0 spiro atoms. The Hall–Kier alpha value is -2.64. The lowest BCUT2D eigenvalue weighted by Crippen LogP contribution is -2.32. The summed E-state index contributed by atoms with van der Waals surface area (Å²) in [5.74, 6) is 2.63. The topological polar surface area (TPSA) is 38.5 Å². The van der Waals surface area contributed by atoms with Gasteiger partial charge in [0.05, 0.1) is 20.3 Å². The van der Waals surface area contributed by atoms with Crippen LogP contribution in [0.15, 0.2) is 54.6 Å². The van der Waals surface area contributed by atoms with E-state index < -0.39 is 0 Å². The normalized spacial score (nSPS) is 17.3. The van der Waals surface area contributed by atoms with Gasteiger partial charge in [-0.25, -0.2) is 4.68 Å². The Labute approximate surface area is 195 Å². The minimum absolute atomic E-state index is 0.566. The van der Waals surface area contributed by atoms with Gasteiger partial charge in [0.2, 0.25) is 0 Å². The molecule has 0 radical (unpaired) electrons. The third kappa shape index (κ3) is 4.74. The van der Waals surface area contributed by atoms with E-state index in [4.69, 9.17) is 22.1 Å². The number of anilines is 1. The molecule has 5 rings (SSSR count). The van der Waals surface area contributed by atoms with Gasteiger partial charge in [-0.2, -0.15) is 5.10 Å². The van der Waals surface area contributed by atoms with Gasteiger partial charge in [-0.05, 0) is 61.3 Å². The van der Waals surface area contributed by atoms with Crippen molar-refractivity contribution in [2.75, 3.05) is 38.2 Å². The Kier molecular flexibility index (Phi) is 6.28. The molecule has 2 heterocycles. The molecule has 0 amide bonds. The van der Waals surface area contributed by atoms with Gasteiger partial charge in [-0.15, -0.1) is 0 Å². The summed E-state index contributed by atoms with van der Waals surface area (Å²) >= 11 is 5.90. The smallest absolute Gasteiger partial charge is 0.199 e. The molecule has 7 heteroatoms. The van der Waals surface area contributed by atoms with Crippen LogP contribution in [0.3, 0.4) is 0 Å². The van der Waals surface area contributed by atoms with Crippen LogP contribution in [0.5, 0.6) is 5.75 Å². The molecular formula is C25H31N5OS. The maximum absolute atomic E-state index is 5.90. The fourth-order valence-corrected chi connectivity index (χ4v) is 4.72. The number of hydrogen-bond donors (Lipinski definition) is 0. The predicted molar refractivity (Wildman–Crippen MR) is 130 cm³/mol. The molecule has 168 valence electrons. The zero-order chi connectivity index (χ0) is 21.9. The van der Waals surface area contributed by atoms with Crippen molar-refractivity contribution in [3.8, 4) is 5.75 Å². The third-order valence-corrected chi connectivity index (χ3v) is 6.87. The summed E-state index contributed by atoms with van der Waals surface area (Å²) in [6.07, 6.45) is 3.57. The van der Waals surface area contributed by atoms with Gasteiger partial charge in [-0.3, -0.25) is 9.47 Å². The van der Waals surface area contributed by atoms with Crippen molar-refractivity contribution in [2.45, 2.75) is 38.4 Å². The fourth-order valence-electron chi connectivity index (χ4n) is 4.46. The van der Waals surface area contributed by atoms with Crippen molar-refractivity contribution in [1.82, 2.24) is 19.2 Å². The van der Waals surface area contributed by atoms with Crippen molar-refractivity contribution in [3.63, 3.8) is 0 Å². The molecule has 1 aliphatic carbocycles. The quantitative estimate of drug-likeness (QED) is 0.496. The molecule has 1 aliphatic heterocycles. The van der Waals surface area contributed by atoms with Crippen LogP contribution in [0.25, 0.3) is 0 Å². The molecule has 0 bridgehead atoms. The number of nitrogens with zero attached hydrogens (tertiary/aromatic N) is 5. The summed E-state index contributed by atoms with van der Waals surface area (Å²) < 4.78 is 10.4. The monoisotopic (exact) mass is 449 g/mol. The summed E-state index contributed by atoms with van der Waals surface area (Å²) in [5.41, 5.74) is 2.53. The molecule has 0 atom stereocenters. The lowest BCUT2D eigenvalue weighted by atomic mass is 10.2. The minimum Gasteiger partial charge on any atom is -0.497 e. The van der Waals surface area contributed by atoms with Crippen LogP contribution in [0.2, 0.25) is 0 Å². The standard InChI is InChI=1S/C25H31N5OS/c1-31-23-12-10-22(11-13-23)28-15-5-14-27(16-17-28)19-30-25(32)29(24(26-30)21-8-9-21)18-20-6-3-2-4-7-20/h2-4,6-7,10-13,21H,5,8-9,14-19H2,1H3. The van der Waals surface area contributed by atoms with E-state index in [1.54, 1.807) is 7.11 Å². The van der Waals surface area contributed by atoms with Crippen molar-refractivity contribution < 1.29 is 4.74 Å². The number of ether oxygens (including phenoxy) is 1. The van der Waals surface area contributed by atoms with E-state index >= 15 is 0 Å². The highest BCUT2D eigenvalue weighted by atomic mass is 32.1. The highest BCUT2D eigenvalue weighted by Crippen LogP contribution is 2.39. The second-order valence-corrected chi connectivity index (χ2v) is 9.15. The van der Waals surface area contributed by atoms with Gasteiger partial charge in [0.25, 0.3) is 0 Å². The summed E-state index contributed by atoms with van der Waals surface area (Å²) in [6.45, 7) is 5.67. The molecule has 2 fully saturated rings. The first-order valence-corrected chi connectivity index (χ1v) is 11.9. The van der Waals surface area contributed by atoms with Gasteiger partial charge in [0.1, 0.15) is 11.6 Å². The Morgan fingerprint density at radius 3 is 2.47 bits per heavy atom. The van der Waals surface area contributed by atoms with Crippen molar-refractivity contribution in [1.29, 1.82) is 0 Å². The molecule has 2 aromatic carbocycles. The van der Waals surface area contributed by atoms with Crippen LogP contribution in [0, 0.1) is 4.77 Å². The van der Waals surface area contributed by atoms with Crippen molar-refractivity contribution in [2.24, 2.45) is 0 Å². The van der Waals surface area contributed by atoms with Gasteiger partial charge < -0.3 is 9.64 Å². The lowest BCUT2D eigenvalue weighted by Gasteiger charge is -2.23. The Morgan fingerprint density at radius 1 is 0.969 bits per heavy atom. The van der Waals surface area contributed by atoms with E-state index in [2.05, 4.69) is 61.5 Å². The first kappa shape index (κ1) is 21.2. The van der Waals surface area contributed by atoms with Crippen LogP contribution in [-0.4, -0.2) is 52.5 Å². The Bertz CT molecular complexity index is 1090. The summed E-state index contributed by atoms with van der Waals surface area (Å²) in [6, 6.07) is 18.9. The second kappa shape index (κ2) is 9.46. The zero-order valence-electron chi connectivity index (χ0n) is 18.7. The summed E-state index contributed by atoms with van der Waals surface area (Å²) in [5, 5.41) is 5.00. The molecule has 1 saturated carbocycles. The number of benzene rings is 2. The summed E-state index contributed by atoms with van der Waals surface area (Å²) in [7, 11) is 1.71. The maximum Gasteiger partial charge on any atom is 0.199 e. The molecule has 3 aromatic rings. The molecule has 32 heavy (non-hydrogen) atoms. The lowest BCUT2D eigenvalue weighted by molar-refractivity contribution is 0.219. The SMILES string of the molecule is COc1ccc(N2CCCN(Cn3nc(C4CC4)n(Cc4ccccc4)c3=S)CC2)cc1. The second-order valence-electron chi connectivity index (χ2n) is 8.78. The predicted octanol–water partition coefficient (Wildman–Crippen LogP) is 4.52. The van der Waals surface area contributed by atoms with Gasteiger partial charge >= 0.3 is 0 Å². The molecule has 1 aromatic heterocycles. The van der Waals surface area contributed by atoms with Crippen LogP contribution >= 0.6 is 12.2 Å². The van der Waals surface area contributed by atoms with Gasteiger partial charge in [0.15, 0.2) is 4.77 Å². The Balaban J connectivity index is 1.28. The number of hydrogen-bond acceptors (Lipinski definition) is 5. The number of aromatic nitrogens is 3. The van der Waals surface area contributed by atoms with Crippen LogP contribution in [-0.2, 0) is 13.2 Å². The van der Waals surface area contributed by atoms with E-state index in [9.17, 15) is 0 Å². The van der Waals surface area contributed by atoms with Gasteiger partial charge in [0, 0.05) is 37.8 Å². The zero-order valence-corrected chi connectivity index (χ0v) is 19.5. The summed E-state index contributed by atoms with van der Waals surface area (Å²) in [4.78, 5) is 4.94. The first-order chi connectivity index (χ1) is 15.7. The first-order valence-electron chi connectivity index (χ1n) is 11.5. The Morgan fingerprint density at radius 2 is 1.75 bits per heavy atom. The van der Waals surface area contributed by atoms with Crippen molar-refractivity contribution >= 4 is 17.9 Å². The van der Waals surface area contributed by atoms with Crippen LogP contribution < -0.4 is 9.64 Å². The van der Waals surface area contributed by atoms with Crippen LogP contribution in [0.1, 0.15) is 36.6 Å². The number of methoxy groups -OCH3 is 1. The molecule has 6 nitrogen and oxygen atoms in total. The highest BCUT2D eigenvalue weighted by Gasteiger charge is 2.30. The third-order valence-electron chi connectivity index (χ3n) is 6.44.